The fourth-order valence-electron chi connectivity index (χ4n) is 6.61. The fraction of sp³-hybridized carbons (Fsp3) is 0.814. The van der Waals surface area contributed by atoms with Gasteiger partial charge >= 0.3 is 11.9 Å². The molecule has 51 heavy (non-hydrogen) atoms. The van der Waals surface area contributed by atoms with Crippen LogP contribution in [-0.4, -0.2) is 45.5 Å². The van der Waals surface area contributed by atoms with Gasteiger partial charge in [0.05, 0.1) is 0 Å². The average Bonchev–Trinajstić information content (AvgIpc) is 3.10. The maximum atomic E-state index is 12.9. The highest BCUT2D eigenvalue weighted by atomic mass is 16.4. The molecule has 8 heteroatoms. The highest BCUT2D eigenvalue weighted by Crippen LogP contribution is 2.21. The molecule has 0 radical (unpaired) electrons. The maximum absolute atomic E-state index is 12.9. The molecule has 0 rings (SSSR count). The van der Waals surface area contributed by atoms with E-state index in [1.165, 1.54) is 77.0 Å². The smallest absolute Gasteiger partial charge is 0.332 e. The number of carboxylic acid groups (broad SMARTS) is 2. The van der Waals surface area contributed by atoms with Crippen LogP contribution >= 0.6 is 0 Å². The summed E-state index contributed by atoms with van der Waals surface area (Å²) in [5.41, 5.74) is -2.11. The van der Waals surface area contributed by atoms with Crippen molar-refractivity contribution in [2.75, 3.05) is 0 Å². The third-order valence-electron chi connectivity index (χ3n) is 9.76. The van der Waals surface area contributed by atoms with Crippen molar-refractivity contribution in [3.63, 3.8) is 0 Å². The van der Waals surface area contributed by atoms with Crippen LogP contribution in [-0.2, 0) is 19.2 Å². The van der Waals surface area contributed by atoms with Gasteiger partial charge in [-0.25, -0.2) is 9.59 Å². The van der Waals surface area contributed by atoms with Crippen LogP contribution in [0.3, 0.4) is 0 Å². The van der Waals surface area contributed by atoms with E-state index >= 15 is 0 Å². The Bertz CT molecular complexity index is 949. The van der Waals surface area contributed by atoms with Crippen LogP contribution in [0.5, 0.6) is 0 Å². The molecule has 0 aromatic heterocycles. The molecule has 0 bridgehead atoms. The molecule has 4 N–H and O–H groups in total. The summed E-state index contributed by atoms with van der Waals surface area (Å²) >= 11 is 0. The highest BCUT2D eigenvalue weighted by Gasteiger charge is 2.51. The van der Waals surface area contributed by atoms with Crippen molar-refractivity contribution in [2.45, 2.75) is 225 Å². The van der Waals surface area contributed by atoms with Gasteiger partial charge in [-0.1, -0.05) is 154 Å². The Morgan fingerprint density at radius 3 is 1.20 bits per heavy atom. The first-order valence-corrected chi connectivity index (χ1v) is 21.1. The average molecular weight is 719 g/mol. The molecular weight excluding hydrogens is 640 g/mol. The van der Waals surface area contributed by atoms with Gasteiger partial charge in [0.1, 0.15) is 0 Å². The predicted octanol–water partition coefficient (Wildman–Crippen LogP) is 11.4. The maximum Gasteiger partial charge on any atom is 0.332 e. The van der Waals surface area contributed by atoms with Crippen LogP contribution in [0, 0.1) is 0 Å². The van der Waals surface area contributed by atoms with E-state index in [-0.39, 0.29) is 19.3 Å². The molecule has 0 heterocycles. The first kappa shape index (κ1) is 48.4. The van der Waals surface area contributed by atoms with Crippen molar-refractivity contribution in [3.8, 4) is 0 Å². The molecule has 0 saturated heterocycles. The molecule has 0 aromatic carbocycles. The topological polar surface area (TPSA) is 133 Å². The predicted molar refractivity (Wildman–Crippen MR) is 212 cm³/mol. The zero-order valence-corrected chi connectivity index (χ0v) is 33.1. The number of nitrogens with one attached hydrogen (secondary N) is 2. The van der Waals surface area contributed by atoms with Crippen molar-refractivity contribution in [3.05, 3.63) is 24.3 Å². The lowest BCUT2D eigenvalue weighted by atomic mass is 9.84. The summed E-state index contributed by atoms with van der Waals surface area (Å²) < 4.78 is 0. The SMILES string of the molecule is CCCCCCCCC=CCCCCCCCC(=O)NC(C(=O)O)C(CCC)(NC(=O)CCCCCCCC=CCCCCCCCC)C(=O)O. The van der Waals surface area contributed by atoms with E-state index in [1.807, 2.05) is 0 Å². The first-order chi connectivity index (χ1) is 24.7. The van der Waals surface area contributed by atoms with E-state index in [1.54, 1.807) is 6.92 Å². The molecule has 0 aliphatic rings. The molecule has 2 unspecified atom stereocenters. The molecule has 0 saturated carbocycles. The summed E-state index contributed by atoms with van der Waals surface area (Å²) in [6, 6.07) is -1.76. The van der Waals surface area contributed by atoms with Crippen LogP contribution in [0.25, 0.3) is 0 Å². The highest BCUT2D eigenvalue weighted by molar-refractivity contribution is 5.95. The Morgan fingerprint density at radius 2 is 0.843 bits per heavy atom. The number of rotatable bonds is 37. The van der Waals surface area contributed by atoms with Crippen molar-refractivity contribution >= 4 is 23.8 Å². The van der Waals surface area contributed by atoms with Gasteiger partial charge in [-0.3, -0.25) is 9.59 Å². The third kappa shape index (κ3) is 26.7. The van der Waals surface area contributed by atoms with E-state index in [0.717, 1.165) is 77.0 Å². The Labute approximate surface area is 312 Å². The largest absolute Gasteiger partial charge is 0.480 e. The number of allylic oxidation sites excluding steroid dienone is 4. The summed E-state index contributed by atoms with van der Waals surface area (Å²) in [5, 5.41) is 25.2. The zero-order valence-electron chi connectivity index (χ0n) is 33.1. The lowest BCUT2D eigenvalue weighted by molar-refractivity contribution is -0.157. The number of hydrogen-bond donors (Lipinski definition) is 4. The van der Waals surface area contributed by atoms with Gasteiger partial charge in [0.15, 0.2) is 11.6 Å². The number of aliphatic carboxylic acids is 2. The summed E-state index contributed by atoms with van der Waals surface area (Å²) in [6.45, 7) is 6.21. The van der Waals surface area contributed by atoms with E-state index in [4.69, 9.17) is 0 Å². The van der Waals surface area contributed by atoms with Crippen molar-refractivity contribution in [1.82, 2.24) is 10.6 Å². The number of hydrogen-bond acceptors (Lipinski definition) is 4. The van der Waals surface area contributed by atoms with Gasteiger partial charge in [-0.15, -0.1) is 0 Å². The quantitative estimate of drug-likeness (QED) is 0.0373. The minimum atomic E-state index is -2.11. The molecule has 2 atom stereocenters. The first-order valence-electron chi connectivity index (χ1n) is 21.1. The Morgan fingerprint density at radius 1 is 0.490 bits per heavy atom. The number of carboxylic acids is 2. The molecule has 8 nitrogen and oxygen atoms in total. The number of carbonyl (C=O) groups excluding carboxylic acids is 2. The Kier molecular flexibility index (Phi) is 32.7. The number of unbranched alkanes of at least 4 members (excludes halogenated alkanes) is 22. The normalized spacial score (nSPS) is 13.4. The molecule has 0 aliphatic heterocycles. The molecule has 0 spiro atoms. The van der Waals surface area contributed by atoms with Crippen LogP contribution in [0.15, 0.2) is 24.3 Å². The summed E-state index contributed by atoms with van der Waals surface area (Å²) in [5.74, 6) is -3.92. The zero-order chi connectivity index (χ0) is 37.8. The minimum Gasteiger partial charge on any atom is -0.480 e. The van der Waals surface area contributed by atoms with E-state index in [0.29, 0.717) is 19.3 Å². The molecule has 0 fully saturated rings. The standard InChI is InChI=1S/C43H78N2O6/c1-4-7-9-11-13-15-17-19-21-23-25-27-29-31-33-35-38(46)44-40(41(48)49)43(37-6-3,42(50)51)45-39(47)36-34-32-30-28-26-24-22-20-18-16-14-12-10-8-5-2/h19-22,40H,4-18,23-37H2,1-3H3,(H,44,46)(H,45,47)(H,48,49)(H,50,51). The van der Waals surface area contributed by atoms with Crippen molar-refractivity contribution in [2.24, 2.45) is 0 Å². The van der Waals surface area contributed by atoms with Crippen molar-refractivity contribution < 1.29 is 29.4 Å². The monoisotopic (exact) mass is 719 g/mol. The second kappa shape index (κ2) is 34.4. The Balaban J connectivity index is 4.47. The second-order valence-electron chi connectivity index (χ2n) is 14.6. The van der Waals surface area contributed by atoms with Gasteiger partial charge in [0.2, 0.25) is 11.8 Å². The molecular formula is C43H78N2O6. The van der Waals surface area contributed by atoms with E-state index in [2.05, 4.69) is 48.8 Å². The van der Waals surface area contributed by atoms with Crippen LogP contribution in [0.2, 0.25) is 0 Å². The fourth-order valence-corrected chi connectivity index (χ4v) is 6.61. The molecule has 0 aromatic rings. The molecule has 296 valence electrons. The summed E-state index contributed by atoms with van der Waals surface area (Å²) in [4.78, 5) is 50.6. The lowest BCUT2D eigenvalue weighted by Gasteiger charge is -2.36. The van der Waals surface area contributed by atoms with Gasteiger partial charge in [0, 0.05) is 12.8 Å². The summed E-state index contributed by atoms with van der Waals surface area (Å²) in [6.07, 6.45) is 39.0. The molecule has 2 amide bonds. The van der Waals surface area contributed by atoms with Crippen molar-refractivity contribution in [1.29, 1.82) is 0 Å². The van der Waals surface area contributed by atoms with E-state index < -0.39 is 35.3 Å². The number of carbonyl (C=O) groups is 4. The van der Waals surface area contributed by atoms with Gasteiger partial charge in [0.25, 0.3) is 0 Å². The summed E-state index contributed by atoms with van der Waals surface area (Å²) in [7, 11) is 0. The molecule has 0 aliphatic carbocycles. The third-order valence-corrected chi connectivity index (χ3v) is 9.76. The van der Waals surface area contributed by atoms with Gasteiger partial charge in [-0.2, -0.15) is 0 Å². The van der Waals surface area contributed by atoms with Crippen LogP contribution in [0.4, 0.5) is 0 Å². The Hall–Kier alpha value is -2.64. The van der Waals surface area contributed by atoms with Crippen LogP contribution in [0.1, 0.15) is 213 Å². The lowest BCUT2D eigenvalue weighted by Crippen LogP contribution is -2.69. The van der Waals surface area contributed by atoms with Gasteiger partial charge < -0.3 is 20.8 Å². The second-order valence-corrected chi connectivity index (χ2v) is 14.6. The van der Waals surface area contributed by atoms with E-state index in [9.17, 15) is 29.4 Å². The van der Waals surface area contributed by atoms with Gasteiger partial charge in [-0.05, 0) is 70.6 Å². The number of amides is 2. The van der Waals surface area contributed by atoms with Crippen LogP contribution < -0.4 is 10.6 Å². The minimum absolute atomic E-state index is 0.106.